The minimum Gasteiger partial charge on any atom is -0.507 e. The molecule has 4 N–H and O–H groups in total. The number of hydrogen-bond donors (Lipinski definition) is 3. The highest BCUT2D eigenvalue weighted by molar-refractivity contribution is 5.97. The lowest BCUT2D eigenvalue weighted by atomic mass is 9.88. The molecule has 5 nitrogen and oxygen atoms in total. The molecule has 1 rings (SSSR count). The number of phenols is 1. The van der Waals surface area contributed by atoms with Crippen LogP contribution in [-0.2, 0) is 0 Å². The quantitative estimate of drug-likeness (QED) is 0.754. The summed E-state index contributed by atoms with van der Waals surface area (Å²) in [5, 5.41) is 12.7. The number of hydrogen-bond acceptors (Lipinski definition) is 4. The molecule has 1 aromatic rings. The number of carbonyl (C=O) groups is 1. The van der Waals surface area contributed by atoms with Gasteiger partial charge < -0.3 is 20.9 Å². The average molecular weight is 266 g/mol. The molecule has 0 radical (unpaired) electrons. The number of benzene rings is 1. The molecule has 0 fully saturated rings. The maximum absolute atomic E-state index is 12.2. The molecule has 1 atom stereocenters. The number of carbonyl (C=O) groups excluding carboxylic acids is 1. The van der Waals surface area contributed by atoms with Crippen LogP contribution in [0.25, 0.3) is 0 Å². The maximum atomic E-state index is 12.2. The molecule has 19 heavy (non-hydrogen) atoms. The molecule has 0 aromatic heterocycles. The number of amides is 1. The van der Waals surface area contributed by atoms with Crippen molar-refractivity contribution in [3.8, 4) is 11.5 Å². The van der Waals surface area contributed by atoms with E-state index in [2.05, 4.69) is 5.32 Å². The van der Waals surface area contributed by atoms with E-state index in [1.165, 1.54) is 19.2 Å². The highest BCUT2D eigenvalue weighted by Gasteiger charge is 2.29. The Morgan fingerprint density at radius 3 is 2.58 bits per heavy atom. The molecule has 106 valence electrons. The summed E-state index contributed by atoms with van der Waals surface area (Å²) in [5.41, 5.74) is 5.42. The number of aromatic hydroxyl groups is 1. The standard InChI is InChI=1S/C14H22N2O3/c1-9(2)14(3,8-15)16-13(18)11-6-5-10(19-4)7-12(11)17/h5-7,9,17H,8,15H2,1-4H3,(H,16,18). The van der Waals surface area contributed by atoms with Gasteiger partial charge in [0.2, 0.25) is 0 Å². The lowest BCUT2D eigenvalue weighted by molar-refractivity contribution is 0.0880. The van der Waals surface area contributed by atoms with Crippen molar-refractivity contribution < 1.29 is 14.6 Å². The van der Waals surface area contributed by atoms with Crippen molar-refractivity contribution in [1.82, 2.24) is 5.32 Å². The predicted molar refractivity (Wildman–Crippen MR) is 74.4 cm³/mol. The lowest BCUT2D eigenvalue weighted by Gasteiger charge is -2.33. The Balaban J connectivity index is 2.95. The van der Waals surface area contributed by atoms with Crippen molar-refractivity contribution in [3.05, 3.63) is 23.8 Å². The van der Waals surface area contributed by atoms with Crippen molar-refractivity contribution in [1.29, 1.82) is 0 Å². The minimum absolute atomic E-state index is 0.111. The molecule has 0 aliphatic heterocycles. The second-order valence-corrected chi connectivity index (χ2v) is 5.11. The van der Waals surface area contributed by atoms with E-state index in [4.69, 9.17) is 10.5 Å². The molecule has 1 unspecified atom stereocenters. The molecule has 1 amide bonds. The first-order valence-corrected chi connectivity index (χ1v) is 6.23. The number of methoxy groups -OCH3 is 1. The van der Waals surface area contributed by atoms with Crippen molar-refractivity contribution >= 4 is 5.91 Å². The van der Waals surface area contributed by atoms with Gasteiger partial charge >= 0.3 is 0 Å². The van der Waals surface area contributed by atoms with E-state index in [-0.39, 0.29) is 23.1 Å². The van der Waals surface area contributed by atoms with Crippen molar-refractivity contribution in [2.24, 2.45) is 11.7 Å². The summed E-state index contributed by atoms with van der Waals surface area (Å²) in [5.74, 6) is 0.225. The van der Waals surface area contributed by atoms with E-state index in [1.54, 1.807) is 6.07 Å². The van der Waals surface area contributed by atoms with Crippen LogP contribution in [0, 0.1) is 5.92 Å². The van der Waals surface area contributed by atoms with E-state index in [0.29, 0.717) is 12.3 Å². The topological polar surface area (TPSA) is 84.6 Å². The van der Waals surface area contributed by atoms with Crippen LogP contribution < -0.4 is 15.8 Å². The van der Waals surface area contributed by atoms with Crippen molar-refractivity contribution in [3.63, 3.8) is 0 Å². The number of rotatable bonds is 5. The molecule has 0 saturated carbocycles. The number of phenolic OH excluding ortho intramolecular Hbond substituents is 1. The Morgan fingerprint density at radius 1 is 1.53 bits per heavy atom. The molecular formula is C14H22N2O3. The highest BCUT2D eigenvalue weighted by atomic mass is 16.5. The van der Waals surface area contributed by atoms with Crippen LogP contribution in [-0.4, -0.2) is 30.2 Å². The van der Waals surface area contributed by atoms with Gasteiger partial charge in [0, 0.05) is 12.6 Å². The van der Waals surface area contributed by atoms with Crippen LogP contribution in [0.15, 0.2) is 18.2 Å². The van der Waals surface area contributed by atoms with Crippen LogP contribution in [0.4, 0.5) is 0 Å². The fourth-order valence-electron chi connectivity index (χ4n) is 1.59. The van der Waals surface area contributed by atoms with E-state index in [1.807, 2.05) is 20.8 Å². The van der Waals surface area contributed by atoms with Gasteiger partial charge in [-0.1, -0.05) is 13.8 Å². The summed E-state index contributed by atoms with van der Waals surface area (Å²) >= 11 is 0. The number of nitrogens with two attached hydrogens (primary N) is 1. The number of nitrogens with one attached hydrogen (secondary N) is 1. The van der Waals surface area contributed by atoms with E-state index >= 15 is 0 Å². The van der Waals surface area contributed by atoms with Gasteiger partial charge in [-0.05, 0) is 25.0 Å². The normalized spacial score (nSPS) is 14.0. The number of ether oxygens (including phenoxy) is 1. The zero-order valence-corrected chi connectivity index (χ0v) is 11.9. The molecule has 0 heterocycles. The van der Waals surface area contributed by atoms with Gasteiger partial charge in [-0.15, -0.1) is 0 Å². The van der Waals surface area contributed by atoms with Crippen LogP contribution in [0.1, 0.15) is 31.1 Å². The highest BCUT2D eigenvalue weighted by Crippen LogP contribution is 2.24. The molecule has 0 bridgehead atoms. The van der Waals surface area contributed by atoms with Gasteiger partial charge in [0.1, 0.15) is 11.5 Å². The largest absolute Gasteiger partial charge is 0.507 e. The first-order chi connectivity index (χ1) is 8.84. The fraction of sp³-hybridized carbons (Fsp3) is 0.500. The Kier molecular flexibility index (Phi) is 4.78. The molecular weight excluding hydrogens is 244 g/mol. The predicted octanol–water partition coefficient (Wildman–Crippen LogP) is 1.50. The van der Waals surface area contributed by atoms with Crippen molar-refractivity contribution in [2.45, 2.75) is 26.3 Å². The summed E-state index contributed by atoms with van der Waals surface area (Å²) in [6.07, 6.45) is 0. The van der Waals surface area contributed by atoms with Gasteiger partial charge in [-0.3, -0.25) is 4.79 Å². The SMILES string of the molecule is COc1ccc(C(=O)NC(C)(CN)C(C)C)c(O)c1. The van der Waals surface area contributed by atoms with Gasteiger partial charge in [-0.2, -0.15) is 0 Å². The van der Waals surface area contributed by atoms with Crippen LogP contribution >= 0.6 is 0 Å². The van der Waals surface area contributed by atoms with Crippen LogP contribution in [0.2, 0.25) is 0 Å². The molecule has 5 heteroatoms. The summed E-state index contributed by atoms with van der Waals surface area (Å²) in [4.78, 5) is 12.2. The average Bonchev–Trinajstić information content (AvgIpc) is 2.37. The minimum atomic E-state index is -0.510. The Morgan fingerprint density at radius 2 is 2.16 bits per heavy atom. The molecule has 0 saturated heterocycles. The molecule has 0 spiro atoms. The summed E-state index contributed by atoms with van der Waals surface area (Å²) in [7, 11) is 1.50. The first kappa shape index (κ1) is 15.3. The second-order valence-electron chi connectivity index (χ2n) is 5.11. The molecule has 1 aromatic carbocycles. The van der Waals surface area contributed by atoms with E-state index in [9.17, 15) is 9.90 Å². The van der Waals surface area contributed by atoms with Crippen LogP contribution in [0.5, 0.6) is 11.5 Å². The molecule has 0 aliphatic rings. The first-order valence-electron chi connectivity index (χ1n) is 6.23. The second kappa shape index (κ2) is 5.93. The van der Waals surface area contributed by atoms with E-state index < -0.39 is 5.54 Å². The third-order valence-corrected chi connectivity index (χ3v) is 3.55. The lowest BCUT2D eigenvalue weighted by Crippen LogP contribution is -2.55. The smallest absolute Gasteiger partial charge is 0.255 e. The van der Waals surface area contributed by atoms with Gasteiger partial charge in [0.05, 0.1) is 18.2 Å². The summed E-state index contributed by atoms with van der Waals surface area (Å²) < 4.78 is 4.98. The van der Waals surface area contributed by atoms with Crippen molar-refractivity contribution in [2.75, 3.05) is 13.7 Å². The van der Waals surface area contributed by atoms with Crippen LogP contribution in [0.3, 0.4) is 0 Å². The Hall–Kier alpha value is -1.75. The fourth-order valence-corrected chi connectivity index (χ4v) is 1.59. The third-order valence-electron chi connectivity index (χ3n) is 3.55. The third kappa shape index (κ3) is 3.38. The monoisotopic (exact) mass is 266 g/mol. The molecule has 0 aliphatic carbocycles. The Labute approximate surface area is 113 Å². The maximum Gasteiger partial charge on any atom is 0.255 e. The van der Waals surface area contributed by atoms with Gasteiger partial charge in [-0.25, -0.2) is 0 Å². The van der Waals surface area contributed by atoms with E-state index in [0.717, 1.165) is 0 Å². The summed E-state index contributed by atoms with van der Waals surface area (Å²) in [6.45, 7) is 6.19. The Bertz CT molecular complexity index is 460. The zero-order chi connectivity index (χ0) is 14.6. The summed E-state index contributed by atoms with van der Waals surface area (Å²) in [6, 6.07) is 4.56. The van der Waals surface area contributed by atoms with Gasteiger partial charge in [0.25, 0.3) is 5.91 Å². The zero-order valence-electron chi connectivity index (χ0n) is 11.9. The van der Waals surface area contributed by atoms with Gasteiger partial charge in [0.15, 0.2) is 0 Å².